The molecule has 1 atom stereocenters. The van der Waals surface area contributed by atoms with Crippen LogP contribution >= 0.6 is 0 Å². The van der Waals surface area contributed by atoms with Crippen molar-refractivity contribution in [1.29, 1.82) is 0 Å². The summed E-state index contributed by atoms with van der Waals surface area (Å²) in [5.41, 5.74) is -0.108. The minimum absolute atomic E-state index is 0.0396. The molecule has 2 bridgehead atoms. The summed E-state index contributed by atoms with van der Waals surface area (Å²) in [7, 11) is 0. The number of nitrogens with one attached hydrogen (secondary N) is 1. The molecule has 38 heavy (non-hydrogen) atoms. The Balaban J connectivity index is 1.60. The summed E-state index contributed by atoms with van der Waals surface area (Å²) in [6.45, 7) is 4.34. The Kier molecular flexibility index (Phi) is 6.46. The number of hydrogen-bond donors (Lipinski definition) is 2. The standard InChI is InChI=1S/C30H38N4O4/c1-29(14-8-4-2-3-5-9-15-29)27-22-11-6-7-12-24(22)38-18-10-16-30(19-31-20-30)32-21-34(27)33-17-13-23(35)26(36)25(33)28(32)37/h6-7,10-13,16-17,27,31,36H,2-5,8-9,14-15,18-21H2,1H3/b16-10+. The van der Waals surface area contributed by atoms with Gasteiger partial charge in [0.1, 0.15) is 19.0 Å². The van der Waals surface area contributed by atoms with E-state index >= 15 is 0 Å². The van der Waals surface area contributed by atoms with E-state index in [1.165, 1.54) is 31.7 Å². The summed E-state index contributed by atoms with van der Waals surface area (Å²) in [5, 5.41) is 16.5. The van der Waals surface area contributed by atoms with Crippen molar-refractivity contribution in [2.24, 2.45) is 5.41 Å². The molecule has 6 rings (SSSR count). The zero-order valence-corrected chi connectivity index (χ0v) is 22.2. The first-order chi connectivity index (χ1) is 18.4. The van der Waals surface area contributed by atoms with Gasteiger partial charge in [-0.3, -0.25) is 19.3 Å². The van der Waals surface area contributed by atoms with Crippen LogP contribution in [0.5, 0.6) is 11.5 Å². The van der Waals surface area contributed by atoms with Gasteiger partial charge in [-0.1, -0.05) is 69.7 Å². The van der Waals surface area contributed by atoms with E-state index in [-0.39, 0.29) is 23.1 Å². The minimum Gasteiger partial charge on any atom is -0.502 e. The number of amides is 1. The third-order valence-electron chi connectivity index (χ3n) is 9.15. The number of hydrogen-bond acceptors (Lipinski definition) is 6. The third kappa shape index (κ3) is 4.10. The summed E-state index contributed by atoms with van der Waals surface area (Å²) in [4.78, 5) is 28.4. The minimum atomic E-state index is -0.553. The zero-order chi connectivity index (χ0) is 26.3. The van der Waals surface area contributed by atoms with Gasteiger partial charge in [-0.25, -0.2) is 0 Å². The van der Waals surface area contributed by atoms with Crippen molar-refractivity contribution in [1.82, 2.24) is 14.9 Å². The van der Waals surface area contributed by atoms with Crippen molar-refractivity contribution < 1.29 is 14.6 Å². The smallest absolute Gasteiger partial charge is 0.278 e. The Hall–Kier alpha value is -3.26. The van der Waals surface area contributed by atoms with Crippen molar-refractivity contribution in [3.63, 3.8) is 0 Å². The molecule has 2 fully saturated rings. The van der Waals surface area contributed by atoms with Gasteiger partial charge in [-0.2, -0.15) is 0 Å². The molecule has 2 N–H and O–H groups in total. The lowest BCUT2D eigenvalue weighted by molar-refractivity contribution is 0.0274. The second-order valence-corrected chi connectivity index (χ2v) is 11.7. The number of nitrogens with zero attached hydrogens (tertiary/aromatic N) is 3. The van der Waals surface area contributed by atoms with Crippen molar-refractivity contribution >= 4 is 5.91 Å². The summed E-state index contributed by atoms with van der Waals surface area (Å²) in [6.07, 6.45) is 15.0. The molecule has 3 aliphatic heterocycles. The average molecular weight is 519 g/mol. The lowest BCUT2D eigenvalue weighted by Crippen LogP contribution is -2.73. The first kappa shape index (κ1) is 25.0. The van der Waals surface area contributed by atoms with Gasteiger partial charge >= 0.3 is 0 Å². The van der Waals surface area contributed by atoms with Crippen molar-refractivity contribution in [3.05, 3.63) is 70.2 Å². The number of aromatic hydroxyl groups is 1. The third-order valence-corrected chi connectivity index (χ3v) is 9.15. The van der Waals surface area contributed by atoms with Crippen LogP contribution in [-0.4, -0.2) is 52.5 Å². The highest BCUT2D eigenvalue weighted by atomic mass is 16.5. The van der Waals surface area contributed by atoms with Gasteiger partial charge in [0, 0.05) is 30.9 Å². The Bertz CT molecular complexity index is 1290. The topological polar surface area (TPSA) is 87.0 Å². The second-order valence-electron chi connectivity index (χ2n) is 11.7. The van der Waals surface area contributed by atoms with E-state index in [9.17, 15) is 14.7 Å². The molecule has 2 aromatic rings. The molecule has 1 aromatic carbocycles. The molecule has 1 saturated carbocycles. The molecule has 202 valence electrons. The van der Waals surface area contributed by atoms with Crippen molar-refractivity contribution in [2.45, 2.75) is 69.9 Å². The Morgan fingerprint density at radius 1 is 1.00 bits per heavy atom. The average Bonchev–Trinajstić information content (AvgIpc) is 2.98. The number of benzene rings is 1. The van der Waals surface area contributed by atoms with Gasteiger partial charge < -0.3 is 20.1 Å². The van der Waals surface area contributed by atoms with Crippen LogP contribution in [-0.2, 0) is 0 Å². The number of para-hydroxylation sites is 1. The first-order valence-corrected chi connectivity index (χ1v) is 14.1. The number of pyridine rings is 1. The fraction of sp³-hybridized carbons (Fsp3) is 0.533. The highest BCUT2D eigenvalue weighted by Gasteiger charge is 2.51. The highest BCUT2D eigenvalue weighted by molar-refractivity contribution is 5.97. The molecule has 1 unspecified atom stereocenters. The number of fused-ring (bicyclic) bond motifs is 6. The van der Waals surface area contributed by atoms with Crippen LogP contribution in [0.2, 0.25) is 0 Å². The van der Waals surface area contributed by atoms with Gasteiger partial charge in [0.15, 0.2) is 11.4 Å². The van der Waals surface area contributed by atoms with Crippen molar-refractivity contribution in [3.8, 4) is 11.5 Å². The fourth-order valence-electron chi connectivity index (χ4n) is 6.97. The summed E-state index contributed by atoms with van der Waals surface area (Å²) in [6, 6.07) is 9.45. The van der Waals surface area contributed by atoms with E-state index in [0.717, 1.165) is 37.0 Å². The zero-order valence-electron chi connectivity index (χ0n) is 22.2. The van der Waals surface area contributed by atoms with E-state index in [1.807, 2.05) is 23.1 Å². The molecular formula is C30H38N4O4. The van der Waals surface area contributed by atoms with Crippen LogP contribution in [0.1, 0.15) is 80.4 Å². The molecule has 1 spiro atoms. The Morgan fingerprint density at radius 3 is 2.42 bits per heavy atom. The molecule has 8 heteroatoms. The predicted molar refractivity (Wildman–Crippen MR) is 146 cm³/mol. The summed E-state index contributed by atoms with van der Waals surface area (Å²) >= 11 is 0. The molecule has 1 amide bonds. The number of carbonyl (C=O) groups is 1. The molecule has 4 heterocycles. The van der Waals surface area contributed by atoms with Gasteiger partial charge in [0.25, 0.3) is 5.91 Å². The van der Waals surface area contributed by atoms with Gasteiger partial charge in [0.05, 0.1) is 11.6 Å². The quantitative estimate of drug-likeness (QED) is 0.554. The molecule has 0 radical (unpaired) electrons. The molecule has 1 aliphatic carbocycles. The van der Waals surface area contributed by atoms with Crippen LogP contribution in [0.3, 0.4) is 0 Å². The van der Waals surface area contributed by atoms with Gasteiger partial charge in [-0.15, -0.1) is 0 Å². The molecule has 4 aliphatic rings. The largest absolute Gasteiger partial charge is 0.502 e. The summed E-state index contributed by atoms with van der Waals surface area (Å²) < 4.78 is 8.13. The van der Waals surface area contributed by atoms with E-state index in [0.29, 0.717) is 26.4 Å². The molecule has 8 nitrogen and oxygen atoms in total. The molecular weight excluding hydrogens is 480 g/mol. The predicted octanol–water partition coefficient (Wildman–Crippen LogP) is 4.08. The van der Waals surface area contributed by atoms with E-state index in [4.69, 9.17) is 4.74 Å². The highest BCUT2D eigenvalue weighted by Crippen LogP contribution is 2.50. The van der Waals surface area contributed by atoms with E-state index in [2.05, 4.69) is 35.5 Å². The maximum absolute atomic E-state index is 14.0. The van der Waals surface area contributed by atoms with Crippen molar-refractivity contribution in [2.75, 3.05) is 31.4 Å². The second kappa shape index (κ2) is 9.80. The maximum Gasteiger partial charge on any atom is 0.278 e. The first-order valence-electron chi connectivity index (χ1n) is 14.1. The monoisotopic (exact) mass is 518 g/mol. The lowest BCUT2D eigenvalue weighted by Gasteiger charge is -2.56. The normalized spacial score (nSPS) is 25.4. The number of carbonyl (C=O) groups excluding carboxylic acids is 1. The van der Waals surface area contributed by atoms with Crippen LogP contribution in [0.15, 0.2) is 53.5 Å². The molecule has 1 aromatic heterocycles. The van der Waals surface area contributed by atoms with Crippen LogP contribution in [0.25, 0.3) is 0 Å². The summed E-state index contributed by atoms with van der Waals surface area (Å²) in [5.74, 6) is 0.0204. The number of ether oxygens (including phenoxy) is 1. The van der Waals surface area contributed by atoms with E-state index in [1.54, 1.807) is 10.9 Å². The molecule has 1 saturated heterocycles. The fourth-order valence-corrected chi connectivity index (χ4v) is 6.97. The van der Waals surface area contributed by atoms with Gasteiger partial charge in [0.2, 0.25) is 5.43 Å². The SMILES string of the molecule is CC1(C2c3ccccc3OC/C=C/C3(CNC3)N3CN2n2ccc(=O)c(O)c2C3=O)CCCCCCCC1. The Morgan fingerprint density at radius 2 is 1.71 bits per heavy atom. The number of rotatable bonds is 1. The van der Waals surface area contributed by atoms with Crippen LogP contribution in [0.4, 0.5) is 0 Å². The Labute approximate surface area is 223 Å². The van der Waals surface area contributed by atoms with Crippen LogP contribution < -0.4 is 20.5 Å². The lowest BCUT2D eigenvalue weighted by atomic mass is 9.71. The van der Waals surface area contributed by atoms with E-state index < -0.39 is 16.7 Å². The van der Waals surface area contributed by atoms with Gasteiger partial charge in [-0.05, 0) is 30.4 Å². The maximum atomic E-state index is 14.0. The number of aromatic nitrogens is 1. The van der Waals surface area contributed by atoms with Crippen LogP contribution in [0, 0.1) is 5.41 Å².